The number of rotatable bonds is 9. The minimum absolute atomic E-state index is 0.00411. The highest BCUT2D eigenvalue weighted by Gasteiger charge is 2.35. The minimum atomic E-state index is -4.79. The Morgan fingerprint density at radius 2 is 1.68 bits per heavy atom. The number of fused-ring (bicyclic) bond motifs is 1. The Morgan fingerprint density at radius 1 is 1.03 bits per heavy atom. The zero-order valence-corrected chi connectivity index (χ0v) is 22.8. The van der Waals surface area contributed by atoms with Gasteiger partial charge in [-0.05, 0) is 60.5 Å². The fourth-order valence-corrected chi connectivity index (χ4v) is 7.46. The van der Waals surface area contributed by atoms with E-state index in [0.717, 1.165) is 28.6 Å². The summed E-state index contributed by atoms with van der Waals surface area (Å²) in [5, 5.41) is 1.59. The minimum Gasteiger partial charge on any atom is -0.406 e. The summed E-state index contributed by atoms with van der Waals surface area (Å²) in [4.78, 5) is 2.29. The Bertz CT molecular complexity index is 1300. The van der Waals surface area contributed by atoms with Gasteiger partial charge in [-0.2, -0.15) is 12.7 Å². The van der Waals surface area contributed by atoms with Crippen molar-refractivity contribution >= 4 is 36.6 Å². The van der Waals surface area contributed by atoms with Crippen LogP contribution in [0.15, 0.2) is 48.5 Å². The number of hydrogen-bond donors (Lipinski definition) is 0. The molecule has 37 heavy (non-hydrogen) atoms. The van der Waals surface area contributed by atoms with Crippen LogP contribution < -0.4 is 9.04 Å². The third kappa shape index (κ3) is 6.76. The second-order valence-electron chi connectivity index (χ2n) is 9.66. The lowest BCUT2D eigenvalue weighted by Gasteiger charge is -2.37. The van der Waals surface area contributed by atoms with Crippen LogP contribution in [0.3, 0.4) is 0 Å². The molecule has 0 spiro atoms. The van der Waals surface area contributed by atoms with Crippen molar-refractivity contribution in [2.75, 3.05) is 37.0 Å². The van der Waals surface area contributed by atoms with Crippen LogP contribution in [0.25, 0.3) is 10.1 Å². The number of hydrogen-bond acceptors (Lipinski definition) is 5. The number of benzene rings is 2. The molecule has 6 nitrogen and oxygen atoms in total. The molecule has 0 radical (unpaired) electrons. The standard InChI is InChI=1S/C26H32F3N3O3S2/c1-19(2)12-13-30-14-16-31(17-15-30)37(33,34)32(25-20(3)23-6-4-5-7-24(23)36-25)18-21-8-10-22(11-9-21)35-26(27,28)29/h4-11,19H,12-18H2,1-3H3. The van der Waals surface area contributed by atoms with Crippen molar-refractivity contribution in [1.82, 2.24) is 9.21 Å². The van der Waals surface area contributed by atoms with E-state index >= 15 is 0 Å². The van der Waals surface area contributed by atoms with Gasteiger partial charge in [0.1, 0.15) is 10.8 Å². The lowest BCUT2D eigenvalue weighted by molar-refractivity contribution is -0.274. The van der Waals surface area contributed by atoms with Crippen LogP contribution in [0.2, 0.25) is 0 Å². The first kappa shape index (κ1) is 27.7. The predicted octanol–water partition coefficient (Wildman–Crippen LogP) is 6.02. The topological polar surface area (TPSA) is 53.1 Å². The molecule has 0 N–H and O–H groups in total. The van der Waals surface area contributed by atoms with Crippen molar-refractivity contribution in [2.45, 2.75) is 40.1 Å². The van der Waals surface area contributed by atoms with Gasteiger partial charge < -0.3 is 9.64 Å². The molecular weight excluding hydrogens is 523 g/mol. The first-order valence-electron chi connectivity index (χ1n) is 12.3. The molecule has 0 atom stereocenters. The molecule has 0 saturated carbocycles. The van der Waals surface area contributed by atoms with Gasteiger partial charge >= 0.3 is 16.6 Å². The molecule has 11 heteroatoms. The molecule has 2 aromatic carbocycles. The number of ether oxygens (including phenoxy) is 1. The highest BCUT2D eigenvalue weighted by atomic mass is 32.2. The fraction of sp³-hybridized carbons (Fsp3) is 0.462. The number of anilines is 1. The molecule has 1 fully saturated rings. The van der Waals surface area contributed by atoms with Gasteiger partial charge in [0.05, 0.1) is 6.54 Å². The van der Waals surface area contributed by atoms with Gasteiger partial charge in [-0.3, -0.25) is 0 Å². The third-order valence-electron chi connectivity index (χ3n) is 6.49. The number of piperazine rings is 1. The SMILES string of the molecule is Cc1c(N(Cc2ccc(OC(F)(F)F)cc2)S(=O)(=O)N2CCN(CCC(C)C)CC2)sc2ccccc12. The second-order valence-corrected chi connectivity index (χ2v) is 12.5. The van der Waals surface area contributed by atoms with E-state index < -0.39 is 16.6 Å². The average Bonchev–Trinajstić information content (AvgIpc) is 3.17. The number of thiophene rings is 1. The molecule has 0 aliphatic carbocycles. The van der Waals surface area contributed by atoms with E-state index in [1.165, 1.54) is 44.2 Å². The molecule has 1 aliphatic heterocycles. The smallest absolute Gasteiger partial charge is 0.406 e. The van der Waals surface area contributed by atoms with Crippen LogP contribution in [0.5, 0.6) is 5.75 Å². The zero-order valence-electron chi connectivity index (χ0n) is 21.2. The lowest BCUT2D eigenvalue weighted by atomic mass is 10.1. The number of nitrogens with zero attached hydrogens (tertiary/aromatic N) is 3. The van der Waals surface area contributed by atoms with E-state index in [4.69, 9.17) is 0 Å². The molecular formula is C26H32F3N3O3S2. The molecule has 3 aromatic rings. The molecule has 0 bridgehead atoms. The summed E-state index contributed by atoms with van der Waals surface area (Å²) < 4.78 is 73.6. The van der Waals surface area contributed by atoms with Crippen molar-refractivity contribution in [2.24, 2.45) is 5.92 Å². The Kier molecular flexibility index (Phi) is 8.37. The van der Waals surface area contributed by atoms with Gasteiger partial charge in [-0.1, -0.05) is 44.2 Å². The van der Waals surface area contributed by atoms with Gasteiger partial charge in [0.2, 0.25) is 0 Å². The summed E-state index contributed by atoms with van der Waals surface area (Å²) in [7, 11) is -3.90. The van der Waals surface area contributed by atoms with Crippen molar-refractivity contribution in [3.63, 3.8) is 0 Å². The van der Waals surface area contributed by atoms with E-state index in [0.29, 0.717) is 42.7 Å². The van der Waals surface area contributed by atoms with Crippen LogP contribution in [-0.4, -0.2) is 56.7 Å². The maximum Gasteiger partial charge on any atom is 0.573 e. The maximum atomic E-state index is 14.0. The number of alkyl halides is 3. The van der Waals surface area contributed by atoms with Gasteiger partial charge in [-0.25, -0.2) is 4.31 Å². The molecule has 2 heterocycles. The monoisotopic (exact) mass is 555 g/mol. The normalized spacial score (nSPS) is 16.0. The quantitative estimate of drug-likeness (QED) is 0.324. The fourth-order valence-electron chi connectivity index (χ4n) is 4.38. The zero-order chi connectivity index (χ0) is 26.8. The highest BCUT2D eigenvalue weighted by Crippen LogP contribution is 2.40. The van der Waals surface area contributed by atoms with Gasteiger partial charge in [0.25, 0.3) is 0 Å². The van der Waals surface area contributed by atoms with E-state index in [-0.39, 0.29) is 12.3 Å². The Morgan fingerprint density at radius 3 is 2.27 bits per heavy atom. The molecule has 202 valence electrons. The molecule has 0 amide bonds. The van der Waals surface area contributed by atoms with Crippen LogP contribution in [-0.2, 0) is 16.8 Å². The Hall–Kier alpha value is -2.34. The Labute approximate surface area is 220 Å². The average molecular weight is 556 g/mol. The molecule has 0 unspecified atom stereocenters. The molecule has 1 aliphatic rings. The Balaban J connectivity index is 1.62. The van der Waals surface area contributed by atoms with Crippen molar-refractivity contribution < 1.29 is 26.3 Å². The van der Waals surface area contributed by atoms with Crippen molar-refractivity contribution in [1.29, 1.82) is 0 Å². The first-order valence-corrected chi connectivity index (χ1v) is 14.5. The summed E-state index contributed by atoms with van der Waals surface area (Å²) >= 11 is 1.40. The highest BCUT2D eigenvalue weighted by molar-refractivity contribution is 7.90. The van der Waals surface area contributed by atoms with Gasteiger partial charge in [0.15, 0.2) is 0 Å². The molecule has 1 saturated heterocycles. The summed E-state index contributed by atoms with van der Waals surface area (Å²) in [6.07, 6.45) is -3.73. The van der Waals surface area contributed by atoms with E-state index in [9.17, 15) is 21.6 Å². The van der Waals surface area contributed by atoms with Crippen molar-refractivity contribution in [3.05, 3.63) is 59.7 Å². The summed E-state index contributed by atoms with van der Waals surface area (Å²) in [6.45, 7) is 9.29. The van der Waals surface area contributed by atoms with Crippen LogP contribution in [0, 0.1) is 12.8 Å². The van der Waals surface area contributed by atoms with E-state index in [1.54, 1.807) is 0 Å². The summed E-state index contributed by atoms with van der Waals surface area (Å²) in [5.41, 5.74) is 1.42. The number of halogens is 3. The largest absolute Gasteiger partial charge is 0.573 e. The van der Waals surface area contributed by atoms with Crippen molar-refractivity contribution in [3.8, 4) is 5.75 Å². The van der Waals surface area contributed by atoms with Crippen LogP contribution in [0.4, 0.5) is 18.2 Å². The van der Waals surface area contributed by atoms with E-state index in [1.807, 2.05) is 31.2 Å². The second kappa shape index (κ2) is 11.2. The molecule has 1 aromatic heterocycles. The molecule has 4 rings (SSSR count). The van der Waals surface area contributed by atoms with Gasteiger partial charge in [0, 0.05) is 30.9 Å². The number of aryl methyl sites for hydroxylation is 1. The van der Waals surface area contributed by atoms with E-state index in [2.05, 4.69) is 23.5 Å². The van der Waals surface area contributed by atoms with Crippen LogP contribution in [0.1, 0.15) is 31.4 Å². The van der Waals surface area contributed by atoms with Gasteiger partial charge in [-0.15, -0.1) is 24.5 Å². The predicted molar refractivity (Wildman–Crippen MR) is 142 cm³/mol. The first-order chi connectivity index (χ1) is 17.4. The third-order valence-corrected chi connectivity index (χ3v) is 9.78. The van der Waals surface area contributed by atoms with Crippen LogP contribution >= 0.6 is 11.3 Å². The maximum absolute atomic E-state index is 14.0. The summed E-state index contributed by atoms with van der Waals surface area (Å²) in [6, 6.07) is 13.1. The lowest BCUT2D eigenvalue weighted by Crippen LogP contribution is -2.53. The summed E-state index contributed by atoms with van der Waals surface area (Å²) in [5.74, 6) is 0.238.